The van der Waals surface area contributed by atoms with Gasteiger partial charge in [-0.25, -0.2) is 9.18 Å². The average molecular weight is 327 g/mol. The molecule has 0 aliphatic carbocycles. The molecule has 0 aromatic heterocycles. The molecule has 128 valence electrons. The summed E-state index contributed by atoms with van der Waals surface area (Å²) in [6, 6.07) is -3.19. The van der Waals surface area contributed by atoms with Crippen molar-refractivity contribution >= 4 is 5.97 Å². The predicted molar refractivity (Wildman–Crippen MR) is 68.6 cm³/mol. The first kappa shape index (κ1) is 18.5. The van der Waals surface area contributed by atoms with Gasteiger partial charge in [-0.2, -0.15) is 4.39 Å². The molecule has 9 nitrogen and oxygen atoms in total. The molecule has 22 heavy (non-hydrogen) atoms. The standard InChI is InChI=1S/C11H19F2N3O6/c1-3(14)16-6-5(15)8(7(19)4(18)2-17)22-11(13,9(6)12)10(20)21/h4-9,16-19H,1-2,14-15H2,(H,20,21). The number of ether oxygens (including phenoxy) is 1. The smallest absolute Gasteiger partial charge is 0.372 e. The molecular weight excluding hydrogens is 308 g/mol. The van der Waals surface area contributed by atoms with Crippen LogP contribution in [0.25, 0.3) is 0 Å². The van der Waals surface area contributed by atoms with Crippen molar-refractivity contribution in [2.24, 2.45) is 11.5 Å². The largest absolute Gasteiger partial charge is 0.477 e. The van der Waals surface area contributed by atoms with Gasteiger partial charge in [-0.1, -0.05) is 6.58 Å². The summed E-state index contributed by atoms with van der Waals surface area (Å²) in [7, 11) is 0. The summed E-state index contributed by atoms with van der Waals surface area (Å²) in [5, 5.41) is 39.0. The monoisotopic (exact) mass is 327 g/mol. The Kier molecular flexibility index (Phi) is 5.65. The summed E-state index contributed by atoms with van der Waals surface area (Å²) >= 11 is 0. The van der Waals surface area contributed by atoms with E-state index in [2.05, 4.69) is 16.6 Å². The lowest BCUT2D eigenvalue weighted by Gasteiger charge is -2.46. The summed E-state index contributed by atoms with van der Waals surface area (Å²) < 4.78 is 32.9. The average Bonchev–Trinajstić information content (AvgIpc) is 2.45. The van der Waals surface area contributed by atoms with Crippen LogP contribution in [0.2, 0.25) is 0 Å². The van der Waals surface area contributed by atoms with E-state index in [-0.39, 0.29) is 5.82 Å². The summed E-state index contributed by atoms with van der Waals surface area (Å²) in [6.07, 6.45) is -8.36. The van der Waals surface area contributed by atoms with E-state index in [4.69, 9.17) is 21.7 Å². The zero-order chi connectivity index (χ0) is 17.2. The van der Waals surface area contributed by atoms with Crippen molar-refractivity contribution < 1.29 is 38.7 Å². The highest BCUT2D eigenvalue weighted by Crippen LogP contribution is 2.35. The van der Waals surface area contributed by atoms with Gasteiger partial charge >= 0.3 is 11.8 Å². The number of aliphatic hydroxyl groups excluding tert-OH is 3. The number of hydrogen-bond donors (Lipinski definition) is 7. The van der Waals surface area contributed by atoms with Crippen molar-refractivity contribution in [1.29, 1.82) is 0 Å². The van der Waals surface area contributed by atoms with Crippen LogP contribution in [0.4, 0.5) is 8.78 Å². The zero-order valence-electron chi connectivity index (χ0n) is 11.4. The molecule has 1 aliphatic heterocycles. The third-order valence-corrected chi connectivity index (χ3v) is 3.33. The molecule has 0 radical (unpaired) electrons. The fraction of sp³-hybridized carbons (Fsp3) is 0.727. The van der Waals surface area contributed by atoms with Crippen LogP contribution in [0, 0.1) is 0 Å². The Hall–Kier alpha value is -1.53. The third kappa shape index (κ3) is 3.28. The van der Waals surface area contributed by atoms with Crippen molar-refractivity contribution in [3.63, 3.8) is 0 Å². The highest BCUT2D eigenvalue weighted by atomic mass is 19.2. The quantitative estimate of drug-likeness (QED) is 0.267. The molecule has 0 aromatic carbocycles. The fourth-order valence-electron chi connectivity index (χ4n) is 2.15. The maximum Gasteiger partial charge on any atom is 0.372 e. The molecule has 0 spiro atoms. The van der Waals surface area contributed by atoms with Gasteiger partial charge in [-0.3, -0.25) is 0 Å². The lowest BCUT2D eigenvalue weighted by atomic mass is 9.86. The molecule has 0 aromatic rings. The molecule has 7 atom stereocenters. The first-order valence-electron chi connectivity index (χ1n) is 6.24. The van der Waals surface area contributed by atoms with E-state index < -0.39 is 55.0 Å². The molecule has 1 heterocycles. The van der Waals surface area contributed by atoms with E-state index in [0.717, 1.165) is 0 Å². The number of aliphatic hydroxyl groups is 3. The van der Waals surface area contributed by atoms with Crippen molar-refractivity contribution in [1.82, 2.24) is 5.32 Å². The van der Waals surface area contributed by atoms with E-state index in [9.17, 15) is 23.8 Å². The molecule has 1 saturated heterocycles. The topological polar surface area (TPSA) is 171 Å². The number of nitrogens with two attached hydrogens (primary N) is 2. The van der Waals surface area contributed by atoms with Crippen LogP contribution < -0.4 is 16.8 Å². The van der Waals surface area contributed by atoms with E-state index in [1.165, 1.54) is 0 Å². The number of hydrogen-bond acceptors (Lipinski definition) is 8. The van der Waals surface area contributed by atoms with Gasteiger partial charge in [-0.15, -0.1) is 0 Å². The maximum atomic E-state index is 14.3. The molecule has 7 unspecified atom stereocenters. The van der Waals surface area contributed by atoms with Gasteiger partial charge in [0.1, 0.15) is 18.3 Å². The van der Waals surface area contributed by atoms with Gasteiger partial charge in [-0.05, 0) is 0 Å². The highest BCUT2D eigenvalue weighted by molar-refractivity contribution is 5.77. The van der Waals surface area contributed by atoms with Crippen LogP contribution in [0.15, 0.2) is 12.4 Å². The minimum Gasteiger partial charge on any atom is -0.477 e. The molecule has 0 bridgehead atoms. The number of halogens is 2. The number of carboxylic acids is 1. The minimum atomic E-state index is -3.83. The second-order valence-corrected chi connectivity index (χ2v) is 4.95. The van der Waals surface area contributed by atoms with Crippen molar-refractivity contribution in [3.8, 4) is 0 Å². The molecule has 11 heteroatoms. The lowest BCUT2D eigenvalue weighted by Crippen LogP contribution is -2.73. The molecule has 0 saturated carbocycles. The normalized spacial score (nSPS) is 38.1. The van der Waals surface area contributed by atoms with Crippen molar-refractivity contribution in [2.45, 2.75) is 42.4 Å². The lowest BCUT2D eigenvalue weighted by molar-refractivity contribution is -0.275. The summed E-state index contributed by atoms with van der Waals surface area (Å²) in [5.74, 6) is -6.42. The van der Waals surface area contributed by atoms with Crippen LogP contribution in [-0.2, 0) is 9.53 Å². The molecule has 1 fully saturated rings. The van der Waals surface area contributed by atoms with Crippen LogP contribution >= 0.6 is 0 Å². The number of aliphatic carboxylic acids is 1. The van der Waals surface area contributed by atoms with Gasteiger partial charge in [0.15, 0.2) is 6.17 Å². The van der Waals surface area contributed by atoms with Gasteiger partial charge in [0, 0.05) is 0 Å². The fourth-order valence-corrected chi connectivity index (χ4v) is 2.15. The van der Waals surface area contributed by atoms with Gasteiger partial charge in [0.2, 0.25) is 0 Å². The number of nitrogens with one attached hydrogen (secondary N) is 1. The summed E-state index contributed by atoms with van der Waals surface area (Å²) in [4.78, 5) is 11.0. The van der Waals surface area contributed by atoms with Gasteiger partial charge in [0.05, 0.1) is 24.5 Å². The molecule has 1 rings (SSSR count). The SMILES string of the molecule is C=C(N)NC1C(N)C(C(O)C(O)CO)OC(F)(C(=O)O)C1F. The maximum absolute atomic E-state index is 14.3. The number of carbonyl (C=O) groups is 1. The summed E-state index contributed by atoms with van der Waals surface area (Å²) in [5.41, 5.74) is 10.9. The Labute approximate surface area is 124 Å². The number of rotatable bonds is 6. The highest BCUT2D eigenvalue weighted by Gasteiger charge is 2.62. The first-order chi connectivity index (χ1) is 10.1. The molecule has 1 aliphatic rings. The third-order valence-electron chi connectivity index (χ3n) is 3.33. The Morgan fingerprint density at radius 3 is 2.45 bits per heavy atom. The Morgan fingerprint density at radius 1 is 1.50 bits per heavy atom. The van der Waals surface area contributed by atoms with E-state index in [1.54, 1.807) is 0 Å². The van der Waals surface area contributed by atoms with Crippen LogP contribution in [0.1, 0.15) is 0 Å². The van der Waals surface area contributed by atoms with Gasteiger partial charge in [0.25, 0.3) is 0 Å². The van der Waals surface area contributed by atoms with Crippen molar-refractivity contribution in [3.05, 3.63) is 12.4 Å². The van der Waals surface area contributed by atoms with Crippen LogP contribution in [-0.4, -0.2) is 75.4 Å². The second-order valence-electron chi connectivity index (χ2n) is 4.95. The Balaban J connectivity index is 3.18. The molecule has 0 amide bonds. The van der Waals surface area contributed by atoms with Crippen LogP contribution in [0.5, 0.6) is 0 Å². The molecule has 9 N–H and O–H groups in total. The Bertz CT molecular complexity index is 442. The van der Waals surface area contributed by atoms with E-state index >= 15 is 0 Å². The van der Waals surface area contributed by atoms with E-state index in [0.29, 0.717) is 0 Å². The second kappa shape index (κ2) is 6.71. The zero-order valence-corrected chi connectivity index (χ0v) is 11.4. The van der Waals surface area contributed by atoms with Crippen molar-refractivity contribution in [2.75, 3.05) is 6.61 Å². The molecular formula is C11H19F2N3O6. The summed E-state index contributed by atoms with van der Waals surface area (Å²) in [6.45, 7) is 2.28. The number of carboxylic acid groups (broad SMARTS) is 1. The van der Waals surface area contributed by atoms with E-state index in [1.807, 2.05) is 0 Å². The van der Waals surface area contributed by atoms with Gasteiger partial charge < -0.3 is 41.9 Å². The first-order valence-corrected chi connectivity index (χ1v) is 6.24. The minimum absolute atomic E-state index is 0.311. The predicted octanol–water partition coefficient (Wildman–Crippen LogP) is -3.10. The number of alkyl halides is 2. The van der Waals surface area contributed by atoms with Crippen LogP contribution in [0.3, 0.4) is 0 Å². The Morgan fingerprint density at radius 2 is 2.05 bits per heavy atom.